The van der Waals surface area contributed by atoms with E-state index in [9.17, 15) is 19.2 Å². The van der Waals surface area contributed by atoms with E-state index < -0.39 is 40.4 Å². The predicted molar refractivity (Wildman–Crippen MR) is 140 cm³/mol. The van der Waals surface area contributed by atoms with Gasteiger partial charge in [-0.25, -0.2) is 4.39 Å². The van der Waals surface area contributed by atoms with Crippen molar-refractivity contribution in [1.82, 2.24) is 9.88 Å². The maximum atomic E-state index is 15.2. The molecule has 1 aromatic heterocycles. The van der Waals surface area contributed by atoms with Crippen LogP contribution in [0.25, 0.3) is 10.9 Å². The number of aromatic nitrogens is 1. The summed E-state index contributed by atoms with van der Waals surface area (Å²) in [7, 11) is 1.72. The number of Topliss-reactive ketones (excluding diaryl/α,β-unsaturated/α-hetero) is 1. The van der Waals surface area contributed by atoms with Crippen molar-refractivity contribution in [3.05, 3.63) is 44.5 Å². The number of ether oxygens (including phenoxy) is 2. The van der Waals surface area contributed by atoms with Gasteiger partial charge < -0.3 is 24.8 Å². The maximum absolute atomic E-state index is 15.2. The third-order valence-corrected chi connectivity index (χ3v) is 6.39. The normalized spacial score (nSPS) is 13.7. The summed E-state index contributed by atoms with van der Waals surface area (Å²) in [4.78, 5) is 51.7. The number of hydrogen-bond acceptors (Lipinski definition) is 8. The standard InChI is InChI=1S/C25H29ClFN3O6.ClH/c1-5-35-24(33)19(25(34)36-6-2)23(32)15-11-30(13-7-8-13)21-14(22(15)31)10-16(27)18(20(21)26)17(28)9-12(3)29-4;/h10-13,19,28-29H,5-9H2,1-4H3;1H/t12-;/m1./s1. The van der Waals surface area contributed by atoms with Gasteiger partial charge in [-0.15, -0.1) is 12.4 Å². The van der Waals surface area contributed by atoms with Crippen LogP contribution in [0.1, 0.15) is 62.0 Å². The van der Waals surface area contributed by atoms with Crippen molar-refractivity contribution in [2.24, 2.45) is 5.92 Å². The Morgan fingerprint density at radius 1 is 1.22 bits per heavy atom. The SMILES string of the molecule is CCOC(=O)C(C(=O)OCC)C(=O)c1cn(C2CC2)c2c(Cl)c(C(=N)C[C@@H](C)NC)c(F)cc2c1=O.Cl. The molecule has 1 heterocycles. The molecule has 0 amide bonds. The van der Waals surface area contributed by atoms with Gasteiger partial charge in [0.2, 0.25) is 5.92 Å². The van der Waals surface area contributed by atoms with Gasteiger partial charge in [0.05, 0.1) is 40.3 Å². The Bertz CT molecular complexity index is 1270. The highest BCUT2D eigenvalue weighted by Gasteiger charge is 2.40. The number of carbonyl (C=O) groups excluding carboxylic acids is 3. The van der Waals surface area contributed by atoms with Gasteiger partial charge in [0.1, 0.15) is 5.82 Å². The molecule has 1 fully saturated rings. The molecule has 1 aromatic carbocycles. The van der Waals surface area contributed by atoms with Crippen molar-refractivity contribution in [3.8, 4) is 0 Å². The summed E-state index contributed by atoms with van der Waals surface area (Å²) in [5, 5.41) is 11.1. The average molecular weight is 558 g/mol. The number of rotatable bonds is 11. The fourth-order valence-corrected chi connectivity index (χ4v) is 4.37. The molecule has 1 aliphatic carbocycles. The van der Waals surface area contributed by atoms with Crippen LogP contribution in [0, 0.1) is 17.1 Å². The Labute approximate surface area is 224 Å². The molecular weight excluding hydrogens is 528 g/mol. The number of carbonyl (C=O) groups is 3. The number of halogens is 3. The molecule has 1 aliphatic rings. The van der Waals surface area contributed by atoms with Crippen LogP contribution in [-0.4, -0.2) is 54.3 Å². The fraction of sp³-hybridized carbons (Fsp3) is 0.480. The van der Waals surface area contributed by atoms with E-state index >= 15 is 4.39 Å². The van der Waals surface area contributed by atoms with Crippen molar-refractivity contribution in [1.29, 1.82) is 5.41 Å². The molecule has 0 spiro atoms. The lowest BCUT2D eigenvalue weighted by atomic mass is 9.95. The molecule has 0 radical (unpaired) electrons. The summed E-state index contributed by atoms with van der Waals surface area (Å²) in [5.74, 6) is -6.23. The number of ketones is 1. The second-order valence-electron chi connectivity index (χ2n) is 8.63. The summed E-state index contributed by atoms with van der Waals surface area (Å²) in [6.07, 6.45) is 2.90. The van der Waals surface area contributed by atoms with Crippen LogP contribution in [0.4, 0.5) is 4.39 Å². The number of fused-ring (bicyclic) bond motifs is 1. The number of benzene rings is 1. The Morgan fingerprint density at radius 2 is 1.78 bits per heavy atom. The van der Waals surface area contributed by atoms with E-state index in [0.29, 0.717) is 0 Å². The lowest BCUT2D eigenvalue weighted by Gasteiger charge is -2.19. The molecule has 0 aliphatic heterocycles. The minimum atomic E-state index is -1.99. The van der Waals surface area contributed by atoms with E-state index in [1.165, 1.54) is 20.0 Å². The van der Waals surface area contributed by atoms with E-state index in [0.717, 1.165) is 18.9 Å². The first-order chi connectivity index (χ1) is 17.1. The van der Waals surface area contributed by atoms with Crippen LogP contribution in [0.3, 0.4) is 0 Å². The highest BCUT2D eigenvalue weighted by atomic mass is 35.5. The van der Waals surface area contributed by atoms with Crippen molar-refractivity contribution >= 4 is 58.3 Å². The summed E-state index contributed by atoms with van der Waals surface area (Å²) in [6.45, 7) is 4.68. The lowest BCUT2D eigenvalue weighted by molar-refractivity contribution is -0.158. The quantitative estimate of drug-likeness (QED) is 0.186. The van der Waals surface area contributed by atoms with Crippen LogP contribution in [-0.2, 0) is 19.1 Å². The molecule has 202 valence electrons. The largest absolute Gasteiger partial charge is 0.465 e. The molecule has 0 bridgehead atoms. The Kier molecular flexibility index (Phi) is 10.4. The zero-order valence-electron chi connectivity index (χ0n) is 21.0. The van der Waals surface area contributed by atoms with Gasteiger partial charge in [0.25, 0.3) is 0 Å². The molecule has 1 atom stereocenters. The Morgan fingerprint density at radius 3 is 2.27 bits per heavy atom. The smallest absolute Gasteiger partial charge is 0.328 e. The van der Waals surface area contributed by atoms with Gasteiger partial charge >= 0.3 is 11.9 Å². The number of nitrogens with zero attached hydrogens (tertiary/aromatic N) is 1. The monoisotopic (exact) mass is 557 g/mol. The number of nitrogens with one attached hydrogen (secondary N) is 2. The summed E-state index contributed by atoms with van der Waals surface area (Å²) in [6, 6.07) is 0.720. The minimum Gasteiger partial charge on any atom is -0.465 e. The topological polar surface area (TPSA) is 128 Å². The highest BCUT2D eigenvalue weighted by Crippen LogP contribution is 2.40. The molecule has 12 heteroatoms. The molecule has 0 unspecified atom stereocenters. The Hall–Kier alpha value is -2.82. The van der Waals surface area contributed by atoms with E-state index in [4.69, 9.17) is 26.5 Å². The number of hydrogen-bond donors (Lipinski definition) is 2. The summed E-state index contributed by atoms with van der Waals surface area (Å²) in [5.41, 5.74) is -1.31. The van der Waals surface area contributed by atoms with E-state index in [1.54, 1.807) is 11.6 Å². The van der Waals surface area contributed by atoms with Gasteiger partial charge in [-0.2, -0.15) is 0 Å². The molecule has 1 saturated carbocycles. The van der Waals surface area contributed by atoms with Crippen LogP contribution in [0.15, 0.2) is 17.1 Å². The Balaban J connectivity index is 0.00000481. The van der Waals surface area contributed by atoms with Gasteiger partial charge in [-0.05, 0) is 46.7 Å². The van der Waals surface area contributed by atoms with Crippen molar-refractivity contribution in [3.63, 3.8) is 0 Å². The van der Waals surface area contributed by atoms with Gasteiger partial charge in [0.15, 0.2) is 11.2 Å². The first kappa shape index (κ1) is 30.4. The van der Waals surface area contributed by atoms with Crippen molar-refractivity contribution in [2.45, 2.75) is 52.1 Å². The third kappa shape index (κ3) is 6.19. The first-order valence-corrected chi connectivity index (χ1v) is 12.1. The second-order valence-corrected chi connectivity index (χ2v) is 9.01. The number of esters is 2. The molecule has 37 heavy (non-hydrogen) atoms. The van der Waals surface area contributed by atoms with Gasteiger partial charge in [-0.1, -0.05) is 11.6 Å². The molecule has 3 rings (SSSR count). The van der Waals surface area contributed by atoms with Gasteiger partial charge in [-0.3, -0.25) is 19.2 Å². The lowest BCUT2D eigenvalue weighted by Crippen LogP contribution is -2.37. The summed E-state index contributed by atoms with van der Waals surface area (Å²) < 4.78 is 26.6. The van der Waals surface area contributed by atoms with Gasteiger partial charge in [0, 0.05) is 30.4 Å². The van der Waals surface area contributed by atoms with E-state index in [2.05, 4.69) is 5.32 Å². The highest BCUT2D eigenvalue weighted by molar-refractivity contribution is 6.38. The maximum Gasteiger partial charge on any atom is 0.328 e. The van der Waals surface area contributed by atoms with Crippen LogP contribution < -0.4 is 10.7 Å². The van der Waals surface area contributed by atoms with E-state index in [1.807, 2.05) is 6.92 Å². The molecule has 2 N–H and O–H groups in total. The second kappa shape index (κ2) is 12.6. The summed E-state index contributed by atoms with van der Waals surface area (Å²) >= 11 is 6.60. The predicted octanol–water partition coefficient (Wildman–Crippen LogP) is 3.84. The molecule has 2 aromatic rings. The van der Waals surface area contributed by atoms with Crippen molar-refractivity contribution in [2.75, 3.05) is 20.3 Å². The minimum absolute atomic E-state index is 0. The third-order valence-electron chi connectivity index (χ3n) is 6.03. The molecule has 9 nitrogen and oxygen atoms in total. The zero-order chi connectivity index (χ0) is 26.7. The zero-order valence-corrected chi connectivity index (χ0v) is 22.6. The molecule has 0 saturated heterocycles. The first-order valence-electron chi connectivity index (χ1n) is 11.8. The fourth-order valence-electron chi connectivity index (χ4n) is 3.96. The van der Waals surface area contributed by atoms with Crippen LogP contribution >= 0.6 is 24.0 Å². The average Bonchev–Trinajstić information content (AvgIpc) is 3.65. The number of pyridine rings is 1. The van der Waals surface area contributed by atoms with Crippen LogP contribution in [0.5, 0.6) is 0 Å². The van der Waals surface area contributed by atoms with E-state index in [-0.39, 0.29) is 71.3 Å². The van der Waals surface area contributed by atoms with Crippen molar-refractivity contribution < 1.29 is 28.2 Å². The van der Waals surface area contributed by atoms with Crippen LogP contribution in [0.2, 0.25) is 5.02 Å². The molecular formula is C25H30Cl2FN3O6.